The van der Waals surface area contributed by atoms with Crippen LogP contribution in [0.5, 0.6) is 0 Å². The molecule has 0 N–H and O–H groups in total. The summed E-state index contributed by atoms with van der Waals surface area (Å²) < 4.78 is 2.24. The molecule has 0 aliphatic heterocycles. The summed E-state index contributed by atoms with van der Waals surface area (Å²) in [7, 11) is 0. The molecule has 0 radical (unpaired) electrons. The normalized spacial score (nSPS) is 13.5. The first-order valence-electron chi connectivity index (χ1n) is 7.24. The SMILES string of the molecule is Cc1ccc(-c2nc3sc4c(n3c2CC#N)CCC4)cc1. The van der Waals surface area contributed by atoms with Crippen LogP contribution in [0.15, 0.2) is 24.3 Å². The first-order chi connectivity index (χ1) is 10.3. The van der Waals surface area contributed by atoms with Gasteiger partial charge in [-0.15, -0.1) is 11.3 Å². The Labute approximate surface area is 127 Å². The van der Waals surface area contributed by atoms with E-state index in [0.717, 1.165) is 34.8 Å². The van der Waals surface area contributed by atoms with E-state index in [0.29, 0.717) is 6.42 Å². The Morgan fingerprint density at radius 2 is 2.10 bits per heavy atom. The summed E-state index contributed by atoms with van der Waals surface area (Å²) >= 11 is 1.79. The first kappa shape index (κ1) is 12.6. The highest BCUT2D eigenvalue weighted by Gasteiger charge is 2.23. The van der Waals surface area contributed by atoms with Crippen LogP contribution >= 0.6 is 11.3 Å². The molecule has 0 spiro atoms. The van der Waals surface area contributed by atoms with Crippen molar-refractivity contribution >= 4 is 16.3 Å². The summed E-state index contributed by atoms with van der Waals surface area (Å²) in [6.45, 7) is 2.08. The van der Waals surface area contributed by atoms with Gasteiger partial charge in [-0.1, -0.05) is 29.8 Å². The van der Waals surface area contributed by atoms with Gasteiger partial charge >= 0.3 is 0 Å². The lowest BCUT2D eigenvalue weighted by Crippen LogP contribution is -1.96. The van der Waals surface area contributed by atoms with Gasteiger partial charge in [0.05, 0.1) is 23.9 Å². The fraction of sp³-hybridized carbons (Fsp3) is 0.294. The van der Waals surface area contributed by atoms with Crippen molar-refractivity contribution in [3.8, 4) is 17.3 Å². The molecule has 0 unspecified atom stereocenters. The lowest BCUT2D eigenvalue weighted by Gasteiger charge is -2.03. The van der Waals surface area contributed by atoms with Gasteiger partial charge in [0.25, 0.3) is 0 Å². The molecule has 0 saturated carbocycles. The van der Waals surface area contributed by atoms with E-state index in [1.807, 2.05) is 0 Å². The Balaban J connectivity index is 1.97. The minimum atomic E-state index is 0.410. The second-order valence-electron chi connectivity index (χ2n) is 5.55. The molecule has 104 valence electrons. The smallest absolute Gasteiger partial charge is 0.194 e. The lowest BCUT2D eigenvalue weighted by molar-refractivity contribution is 0.877. The van der Waals surface area contributed by atoms with Crippen LogP contribution in [0.4, 0.5) is 0 Å². The van der Waals surface area contributed by atoms with Gasteiger partial charge in [0.2, 0.25) is 0 Å². The Morgan fingerprint density at radius 1 is 1.29 bits per heavy atom. The van der Waals surface area contributed by atoms with Gasteiger partial charge in [0.15, 0.2) is 4.96 Å². The van der Waals surface area contributed by atoms with Crippen LogP contribution in [0.3, 0.4) is 0 Å². The number of nitriles is 1. The average molecular weight is 293 g/mol. The van der Waals surface area contributed by atoms with Gasteiger partial charge < -0.3 is 0 Å². The van der Waals surface area contributed by atoms with E-state index >= 15 is 0 Å². The zero-order chi connectivity index (χ0) is 14.4. The maximum Gasteiger partial charge on any atom is 0.194 e. The summed E-state index contributed by atoms with van der Waals surface area (Å²) in [4.78, 5) is 7.32. The zero-order valence-electron chi connectivity index (χ0n) is 11.9. The molecule has 21 heavy (non-hydrogen) atoms. The lowest BCUT2D eigenvalue weighted by atomic mass is 10.1. The Morgan fingerprint density at radius 3 is 2.86 bits per heavy atom. The molecule has 1 aromatic carbocycles. The number of thiazole rings is 1. The van der Waals surface area contributed by atoms with E-state index in [2.05, 4.69) is 41.7 Å². The molecule has 3 nitrogen and oxygen atoms in total. The highest BCUT2D eigenvalue weighted by molar-refractivity contribution is 7.17. The molecule has 2 heterocycles. The van der Waals surface area contributed by atoms with Gasteiger partial charge in [0.1, 0.15) is 0 Å². The molecule has 2 aromatic heterocycles. The van der Waals surface area contributed by atoms with Crippen molar-refractivity contribution in [2.75, 3.05) is 0 Å². The van der Waals surface area contributed by atoms with Crippen LogP contribution in [0.25, 0.3) is 16.2 Å². The van der Waals surface area contributed by atoms with Crippen LogP contribution in [-0.4, -0.2) is 9.38 Å². The monoisotopic (exact) mass is 293 g/mol. The van der Waals surface area contributed by atoms with Gasteiger partial charge in [-0.25, -0.2) is 4.98 Å². The summed E-state index contributed by atoms with van der Waals surface area (Å²) in [5.41, 5.74) is 5.75. The molecule has 1 aliphatic carbocycles. The molecule has 0 fully saturated rings. The second kappa shape index (κ2) is 4.71. The molecule has 0 saturated heterocycles. The van der Waals surface area contributed by atoms with E-state index in [9.17, 15) is 5.26 Å². The number of nitrogens with zero attached hydrogens (tertiary/aromatic N) is 3. The summed E-state index contributed by atoms with van der Waals surface area (Å²) in [6, 6.07) is 10.7. The molecular formula is C17H15N3S. The molecule has 0 bridgehead atoms. The van der Waals surface area contributed by atoms with Crippen molar-refractivity contribution < 1.29 is 0 Å². The van der Waals surface area contributed by atoms with Crippen molar-refractivity contribution in [1.82, 2.24) is 9.38 Å². The van der Waals surface area contributed by atoms with Crippen LogP contribution < -0.4 is 0 Å². The predicted octanol–water partition coefficient (Wildman–Crippen LogP) is 3.93. The number of hydrogen-bond acceptors (Lipinski definition) is 3. The second-order valence-corrected chi connectivity index (χ2v) is 6.61. The number of imidazole rings is 1. The molecule has 3 aromatic rings. The maximum atomic E-state index is 9.21. The van der Waals surface area contributed by atoms with Crippen molar-refractivity contribution in [2.24, 2.45) is 0 Å². The zero-order valence-corrected chi connectivity index (χ0v) is 12.7. The molecule has 4 heteroatoms. The number of aromatic nitrogens is 2. The van der Waals surface area contributed by atoms with E-state index in [-0.39, 0.29) is 0 Å². The third kappa shape index (κ3) is 1.89. The summed E-state index contributed by atoms with van der Waals surface area (Å²) in [5.74, 6) is 0. The third-order valence-corrected chi connectivity index (χ3v) is 5.28. The number of aryl methyl sites for hydroxylation is 3. The number of hydrogen-bond donors (Lipinski definition) is 0. The number of fused-ring (bicyclic) bond motifs is 3. The van der Waals surface area contributed by atoms with E-state index in [1.165, 1.54) is 22.6 Å². The minimum Gasteiger partial charge on any atom is -0.290 e. The molecule has 1 aliphatic rings. The maximum absolute atomic E-state index is 9.21. The van der Waals surface area contributed by atoms with Crippen molar-refractivity contribution in [3.05, 3.63) is 46.1 Å². The van der Waals surface area contributed by atoms with Crippen LogP contribution in [0.1, 0.15) is 28.2 Å². The van der Waals surface area contributed by atoms with Crippen LogP contribution in [0, 0.1) is 18.3 Å². The predicted molar refractivity (Wildman–Crippen MR) is 84.6 cm³/mol. The molecular weight excluding hydrogens is 278 g/mol. The fourth-order valence-corrected chi connectivity index (χ4v) is 4.34. The first-order valence-corrected chi connectivity index (χ1v) is 8.05. The topological polar surface area (TPSA) is 41.1 Å². The van der Waals surface area contributed by atoms with Crippen molar-refractivity contribution in [3.63, 3.8) is 0 Å². The fourth-order valence-electron chi connectivity index (χ4n) is 3.12. The standard InChI is InChI=1S/C17H15N3S/c1-11-5-7-12(8-6-11)16-14(9-10-18)20-13-3-2-4-15(13)21-17(20)19-16/h5-8H,2-4,9H2,1H3. The summed E-state index contributed by atoms with van der Waals surface area (Å²) in [5, 5.41) is 9.21. The molecule has 4 rings (SSSR count). The van der Waals surface area contributed by atoms with Gasteiger partial charge in [0, 0.05) is 16.1 Å². The van der Waals surface area contributed by atoms with Gasteiger partial charge in [-0.05, 0) is 26.2 Å². The highest BCUT2D eigenvalue weighted by Crippen LogP contribution is 2.35. The molecule has 0 amide bonds. The summed E-state index contributed by atoms with van der Waals surface area (Å²) in [6.07, 6.45) is 3.90. The van der Waals surface area contributed by atoms with Crippen LogP contribution in [-0.2, 0) is 19.3 Å². The Kier molecular flexibility index (Phi) is 2.83. The quantitative estimate of drug-likeness (QED) is 0.718. The van der Waals surface area contributed by atoms with Crippen LogP contribution in [0.2, 0.25) is 0 Å². The molecule has 0 atom stereocenters. The van der Waals surface area contributed by atoms with E-state index in [1.54, 1.807) is 11.3 Å². The number of benzene rings is 1. The Hall–Kier alpha value is -2.12. The van der Waals surface area contributed by atoms with Gasteiger partial charge in [-0.2, -0.15) is 5.26 Å². The van der Waals surface area contributed by atoms with Crippen molar-refractivity contribution in [1.29, 1.82) is 5.26 Å². The van der Waals surface area contributed by atoms with E-state index < -0.39 is 0 Å². The Bertz CT molecular complexity index is 862. The number of rotatable bonds is 2. The minimum absolute atomic E-state index is 0.410. The highest BCUT2D eigenvalue weighted by atomic mass is 32.1. The van der Waals surface area contributed by atoms with Gasteiger partial charge in [-0.3, -0.25) is 4.40 Å². The third-order valence-electron chi connectivity index (χ3n) is 4.14. The van der Waals surface area contributed by atoms with Crippen molar-refractivity contribution in [2.45, 2.75) is 32.6 Å². The largest absolute Gasteiger partial charge is 0.290 e. The average Bonchev–Trinajstić information content (AvgIpc) is 3.12. The van der Waals surface area contributed by atoms with E-state index in [4.69, 9.17) is 4.98 Å².